The van der Waals surface area contributed by atoms with Crippen molar-refractivity contribution in [2.24, 2.45) is 0 Å². The lowest BCUT2D eigenvalue weighted by Crippen LogP contribution is -2.28. The Morgan fingerprint density at radius 3 is 2.83 bits per heavy atom. The molecule has 1 aromatic rings. The molecular weight excluding hydrogens is 224 g/mol. The second-order valence-corrected chi connectivity index (χ2v) is 5.62. The number of aromatic nitrogens is 2. The van der Waals surface area contributed by atoms with Gasteiger partial charge in [0.1, 0.15) is 0 Å². The highest BCUT2D eigenvalue weighted by Gasteiger charge is 2.23. The largest absolute Gasteiger partial charge is 0.338 e. The van der Waals surface area contributed by atoms with Gasteiger partial charge in [-0.3, -0.25) is 0 Å². The predicted octanol–water partition coefficient (Wildman–Crippen LogP) is 2.03. The van der Waals surface area contributed by atoms with E-state index in [1.807, 2.05) is 6.20 Å². The number of anilines is 1. The fourth-order valence-corrected chi connectivity index (χ4v) is 2.56. The van der Waals surface area contributed by atoms with E-state index in [1.165, 1.54) is 31.2 Å². The summed E-state index contributed by atoms with van der Waals surface area (Å²) < 4.78 is 0. The Balaban J connectivity index is 1.70. The van der Waals surface area contributed by atoms with E-state index in [0.29, 0.717) is 6.04 Å². The SMILES string of the molecule is Cc1nc(N2CCCC2C)ncc1CNC1CC1. The molecule has 1 aliphatic heterocycles. The normalized spacial score (nSPS) is 23.7. The zero-order chi connectivity index (χ0) is 12.5. The molecule has 2 heterocycles. The van der Waals surface area contributed by atoms with Crippen LogP contribution >= 0.6 is 0 Å². The van der Waals surface area contributed by atoms with Gasteiger partial charge in [0, 0.05) is 42.6 Å². The summed E-state index contributed by atoms with van der Waals surface area (Å²) in [5.74, 6) is 0.910. The molecule has 1 N–H and O–H groups in total. The number of hydrogen-bond donors (Lipinski definition) is 1. The smallest absolute Gasteiger partial charge is 0.225 e. The monoisotopic (exact) mass is 246 g/mol. The number of aryl methyl sites for hydroxylation is 1. The van der Waals surface area contributed by atoms with Gasteiger partial charge in [0.25, 0.3) is 0 Å². The summed E-state index contributed by atoms with van der Waals surface area (Å²) >= 11 is 0. The van der Waals surface area contributed by atoms with Crippen LogP contribution in [-0.4, -0.2) is 28.6 Å². The minimum absolute atomic E-state index is 0.583. The van der Waals surface area contributed by atoms with Crippen LogP contribution in [0, 0.1) is 6.92 Å². The third-order valence-corrected chi connectivity index (χ3v) is 4.04. The van der Waals surface area contributed by atoms with Crippen LogP contribution in [0.4, 0.5) is 5.95 Å². The van der Waals surface area contributed by atoms with Gasteiger partial charge in [0.15, 0.2) is 0 Å². The van der Waals surface area contributed by atoms with Gasteiger partial charge < -0.3 is 10.2 Å². The van der Waals surface area contributed by atoms with Crippen LogP contribution in [0.5, 0.6) is 0 Å². The maximum atomic E-state index is 4.68. The molecule has 0 radical (unpaired) electrons. The Morgan fingerprint density at radius 1 is 1.39 bits per heavy atom. The van der Waals surface area contributed by atoms with E-state index in [-0.39, 0.29) is 0 Å². The molecule has 0 spiro atoms. The highest BCUT2D eigenvalue weighted by Crippen LogP contribution is 2.23. The number of rotatable bonds is 4. The van der Waals surface area contributed by atoms with Crippen LogP contribution in [0.1, 0.15) is 43.9 Å². The lowest BCUT2D eigenvalue weighted by Gasteiger charge is -2.22. The first-order chi connectivity index (χ1) is 8.74. The standard InChI is InChI=1S/C14H22N4/c1-10-4-3-7-18(10)14-16-9-12(11(2)17-14)8-15-13-5-6-13/h9-10,13,15H,3-8H2,1-2H3. The first-order valence-electron chi connectivity index (χ1n) is 7.06. The van der Waals surface area contributed by atoms with Crippen molar-refractivity contribution in [3.05, 3.63) is 17.5 Å². The summed E-state index contributed by atoms with van der Waals surface area (Å²) in [5.41, 5.74) is 2.35. The quantitative estimate of drug-likeness (QED) is 0.882. The highest BCUT2D eigenvalue weighted by molar-refractivity contribution is 5.35. The van der Waals surface area contributed by atoms with Gasteiger partial charge in [-0.15, -0.1) is 0 Å². The first-order valence-corrected chi connectivity index (χ1v) is 7.06. The minimum Gasteiger partial charge on any atom is -0.338 e. The number of nitrogens with zero attached hydrogens (tertiary/aromatic N) is 3. The van der Waals surface area contributed by atoms with Crippen molar-refractivity contribution >= 4 is 5.95 Å². The molecule has 18 heavy (non-hydrogen) atoms. The van der Waals surface area contributed by atoms with Crippen LogP contribution in [0.25, 0.3) is 0 Å². The predicted molar refractivity (Wildman–Crippen MR) is 72.7 cm³/mol. The molecular formula is C14H22N4. The van der Waals surface area contributed by atoms with Crippen LogP contribution in [0.3, 0.4) is 0 Å². The van der Waals surface area contributed by atoms with E-state index in [9.17, 15) is 0 Å². The first kappa shape index (κ1) is 11.9. The van der Waals surface area contributed by atoms with Gasteiger partial charge in [-0.05, 0) is 39.5 Å². The molecule has 4 heteroatoms. The topological polar surface area (TPSA) is 41.1 Å². The van der Waals surface area contributed by atoms with Gasteiger partial charge in [-0.1, -0.05) is 0 Å². The van der Waals surface area contributed by atoms with Gasteiger partial charge in [0.05, 0.1) is 0 Å². The fraction of sp³-hybridized carbons (Fsp3) is 0.714. The lowest BCUT2D eigenvalue weighted by atomic mass is 10.2. The van der Waals surface area contributed by atoms with Crippen molar-refractivity contribution in [1.29, 1.82) is 0 Å². The van der Waals surface area contributed by atoms with Crippen molar-refractivity contribution in [2.45, 2.75) is 58.2 Å². The number of nitrogens with one attached hydrogen (secondary N) is 1. The number of hydrogen-bond acceptors (Lipinski definition) is 4. The molecule has 0 bridgehead atoms. The van der Waals surface area contributed by atoms with E-state index in [0.717, 1.165) is 30.8 Å². The average Bonchev–Trinajstić information content (AvgIpc) is 3.09. The van der Waals surface area contributed by atoms with Gasteiger partial charge >= 0.3 is 0 Å². The molecule has 1 aliphatic carbocycles. The summed E-state index contributed by atoms with van der Waals surface area (Å²) in [6, 6.07) is 1.32. The maximum absolute atomic E-state index is 4.68. The van der Waals surface area contributed by atoms with Crippen molar-refractivity contribution < 1.29 is 0 Å². The van der Waals surface area contributed by atoms with Gasteiger partial charge in [-0.2, -0.15) is 0 Å². The Labute approximate surface area is 109 Å². The third kappa shape index (κ3) is 2.48. The second-order valence-electron chi connectivity index (χ2n) is 5.62. The summed E-state index contributed by atoms with van der Waals surface area (Å²) in [6.45, 7) is 6.36. The zero-order valence-electron chi connectivity index (χ0n) is 11.3. The Hall–Kier alpha value is -1.16. The summed E-state index contributed by atoms with van der Waals surface area (Å²) in [5, 5.41) is 3.52. The molecule has 1 saturated carbocycles. The van der Waals surface area contributed by atoms with Crippen molar-refractivity contribution in [3.63, 3.8) is 0 Å². The molecule has 0 aromatic carbocycles. The fourth-order valence-electron chi connectivity index (χ4n) is 2.56. The Morgan fingerprint density at radius 2 is 2.22 bits per heavy atom. The van der Waals surface area contributed by atoms with Gasteiger partial charge in [0.2, 0.25) is 5.95 Å². The molecule has 98 valence electrons. The summed E-state index contributed by atoms with van der Waals surface area (Å²) in [7, 11) is 0. The Kier molecular flexibility index (Phi) is 3.20. The minimum atomic E-state index is 0.583. The van der Waals surface area contributed by atoms with E-state index < -0.39 is 0 Å². The van der Waals surface area contributed by atoms with E-state index in [2.05, 4.69) is 34.0 Å². The third-order valence-electron chi connectivity index (χ3n) is 4.04. The Bertz CT molecular complexity index is 428. The molecule has 1 aromatic heterocycles. The molecule has 4 nitrogen and oxygen atoms in total. The molecule has 3 rings (SSSR count). The van der Waals surface area contributed by atoms with E-state index in [1.54, 1.807) is 0 Å². The average molecular weight is 246 g/mol. The van der Waals surface area contributed by atoms with E-state index in [4.69, 9.17) is 0 Å². The van der Waals surface area contributed by atoms with Crippen LogP contribution in [-0.2, 0) is 6.54 Å². The molecule has 1 atom stereocenters. The summed E-state index contributed by atoms with van der Waals surface area (Å²) in [6.07, 6.45) is 7.16. The zero-order valence-corrected chi connectivity index (χ0v) is 11.3. The van der Waals surface area contributed by atoms with Gasteiger partial charge in [-0.25, -0.2) is 9.97 Å². The molecule has 2 fully saturated rings. The maximum Gasteiger partial charge on any atom is 0.225 e. The van der Waals surface area contributed by atoms with Crippen molar-refractivity contribution in [2.75, 3.05) is 11.4 Å². The lowest BCUT2D eigenvalue weighted by molar-refractivity contribution is 0.674. The van der Waals surface area contributed by atoms with Crippen LogP contribution in [0.2, 0.25) is 0 Å². The molecule has 2 aliphatic rings. The van der Waals surface area contributed by atoms with Crippen LogP contribution < -0.4 is 10.2 Å². The second kappa shape index (κ2) is 4.84. The van der Waals surface area contributed by atoms with E-state index >= 15 is 0 Å². The van der Waals surface area contributed by atoms with Crippen molar-refractivity contribution in [3.8, 4) is 0 Å². The van der Waals surface area contributed by atoms with Crippen molar-refractivity contribution in [1.82, 2.24) is 15.3 Å². The molecule has 1 saturated heterocycles. The summed E-state index contributed by atoms with van der Waals surface area (Å²) in [4.78, 5) is 11.5. The molecule has 0 amide bonds. The van der Waals surface area contributed by atoms with Crippen LogP contribution in [0.15, 0.2) is 6.20 Å². The molecule has 1 unspecified atom stereocenters. The highest BCUT2D eigenvalue weighted by atomic mass is 15.3.